The third-order valence-corrected chi connectivity index (χ3v) is 2.92. The molecule has 4 heteroatoms. The summed E-state index contributed by atoms with van der Waals surface area (Å²) in [5, 5.41) is 3.33. The van der Waals surface area contributed by atoms with Crippen LogP contribution in [0.15, 0.2) is 18.3 Å². The number of aromatic nitrogens is 1. The van der Waals surface area contributed by atoms with E-state index in [2.05, 4.69) is 10.3 Å². The number of amides is 1. The van der Waals surface area contributed by atoms with E-state index < -0.39 is 0 Å². The lowest BCUT2D eigenvalue weighted by atomic mass is 9.83. The van der Waals surface area contributed by atoms with E-state index in [4.69, 9.17) is 11.6 Å². The first-order valence-electron chi connectivity index (χ1n) is 5.15. The first kappa shape index (κ1) is 10.4. The zero-order chi connectivity index (χ0) is 10.7. The van der Waals surface area contributed by atoms with Crippen LogP contribution in [-0.4, -0.2) is 10.9 Å². The van der Waals surface area contributed by atoms with E-state index in [1.807, 2.05) is 0 Å². The number of hydrogen-bond acceptors (Lipinski definition) is 2. The second kappa shape index (κ2) is 4.62. The highest BCUT2D eigenvalue weighted by Crippen LogP contribution is 2.29. The van der Waals surface area contributed by atoms with Gasteiger partial charge in [-0.05, 0) is 30.9 Å². The molecule has 0 radical (unpaired) electrons. The molecule has 15 heavy (non-hydrogen) atoms. The Labute approximate surface area is 93.8 Å². The molecule has 1 heterocycles. The van der Waals surface area contributed by atoms with Crippen molar-refractivity contribution in [2.45, 2.75) is 25.7 Å². The molecule has 2 rings (SSSR count). The fourth-order valence-electron chi connectivity index (χ4n) is 1.63. The first-order chi connectivity index (χ1) is 7.24. The number of hydrogen-bond donors (Lipinski definition) is 1. The van der Waals surface area contributed by atoms with Gasteiger partial charge in [-0.2, -0.15) is 0 Å². The van der Waals surface area contributed by atoms with Crippen molar-refractivity contribution in [3.63, 3.8) is 0 Å². The highest BCUT2D eigenvalue weighted by molar-refractivity contribution is 6.30. The third kappa shape index (κ3) is 2.93. The summed E-state index contributed by atoms with van der Waals surface area (Å²) in [7, 11) is 0. The Morgan fingerprint density at radius 2 is 2.40 bits per heavy atom. The Kier molecular flexibility index (Phi) is 3.21. The molecule has 0 atom stereocenters. The highest BCUT2D eigenvalue weighted by atomic mass is 35.5. The molecule has 1 aromatic heterocycles. The number of pyridine rings is 1. The summed E-state index contributed by atoms with van der Waals surface area (Å²) >= 11 is 5.78. The van der Waals surface area contributed by atoms with Gasteiger partial charge in [0.25, 0.3) is 0 Å². The van der Waals surface area contributed by atoms with E-state index in [-0.39, 0.29) is 5.91 Å². The number of nitrogens with one attached hydrogen (secondary N) is 1. The van der Waals surface area contributed by atoms with Crippen LogP contribution < -0.4 is 5.32 Å². The van der Waals surface area contributed by atoms with Crippen molar-refractivity contribution in [3.8, 4) is 0 Å². The molecule has 1 N–H and O–H groups in total. The van der Waals surface area contributed by atoms with E-state index in [1.165, 1.54) is 19.3 Å². The minimum Gasteiger partial charge on any atom is -0.311 e. The summed E-state index contributed by atoms with van der Waals surface area (Å²) in [5.74, 6) is 1.14. The average Bonchev–Trinajstić information content (AvgIpc) is 2.11. The van der Waals surface area contributed by atoms with Gasteiger partial charge in [-0.15, -0.1) is 0 Å². The summed E-state index contributed by atoms with van der Waals surface area (Å²) < 4.78 is 0. The minimum absolute atomic E-state index is 0.0365. The van der Waals surface area contributed by atoms with Gasteiger partial charge in [-0.1, -0.05) is 18.0 Å². The Hall–Kier alpha value is -1.09. The zero-order valence-electron chi connectivity index (χ0n) is 8.37. The van der Waals surface area contributed by atoms with Crippen LogP contribution in [0.25, 0.3) is 0 Å². The van der Waals surface area contributed by atoms with E-state index in [0.717, 1.165) is 0 Å². The van der Waals surface area contributed by atoms with Crippen LogP contribution in [0.2, 0.25) is 5.02 Å². The maximum atomic E-state index is 11.5. The summed E-state index contributed by atoms with van der Waals surface area (Å²) in [6, 6.07) is 3.34. The summed E-state index contributed by atoms with van der Waals surface area (Å²) in [4.78, 5) is 15.5. The summed E-state index contributed by atoms with van der Waals surface area (Å²) in [5.41, 5.74) is 0. The fraction of sp³-hybridized carbons (Fsp3) is 0.455. The SMILES string of the molecule is O=C(CC1CCC1)Nc1cc(Cl)ccn1. The van der Waals surface area contributed by atoms with Crippen LogP contribution in [0, 0.1) is 5.92 Å². The van der Waals surface area contributed by atoms with Crippen LogP contribution in [-0.2, 0) is 4.79 Å². The van der Waals surface area contributed by atoms with Gasteiger partial charge in [0, 0.05) is 17.6 Å². The van der Waals surface area contributed by atoms with Gasteiger partial charge in [0.05, 0.1) is 0 Å². The van der Waals surface area contributed by atoms with Gasteiger partial charge in [0.2, 0.25) is 5.91 Å². The van der Waals surface area contributed by atoms with Crippen LogP contribution in [0.1, 0.15) is 25.7 Å². The van der Waals surface area contributed by atoms with Gasteiger partial charge < -0.3 is 5.32 Å². The van der Waals surface area contributed by atoms with Gasteiger partial charge in [-0.25, -0.2) is 4.98 Å². The number of nitrogens with zero attached hydrogens (tertiary/aromatic N) is 1. The molecule has 1 aliphatic carbocycles. The second-order valence-electron chi connectivity index (χ2n) is 3.91. The molecule has 0 aliphatic heterocycles. The fourth-order valence-corrected chi connectivity index (χ4v) is 1.79. The molecule has 1 fully saturated rings. The number of carbonyl (C=O) groups is 1. The van der Waals surface area contributed by atoms with Gasteiger partial charge in [0.15, 0.2) is 0 Å². The second-order valence-corrected chi connectivity index (χ2v) is 4.34. The lowest BCUT2D eigenvalue weighted by Crippen LogP contribution is -2.21. The van der Waals surface area contributed by atoms with Crippen LogP contribution in [0.4, 0.5) is 5.82 Å². The largest absolute Gasteiger partial charge is 0.311 e. The van der Waals surface area contributed by atoms with Crippen molar-refractivity contribution in [2.75, 3.05) is 5.32 Å². The van der Waals surface area contributed by atoms with E-state index in [0.29, 0.717) is 23.2 Å². The first-order valence-corrected chi connectivity index (χ1v) is 5.53. The quantitative estimate of drug-likeness (QED) is 0.858. The average molecular weight is 225 g/mol. The topological polar surface area (TPSA) is 42.0 Å². The van der Waals surface area contributed by atoms with Crippen LogP contribution in [0.5, 0.6) is 0 Å². The number of anilines is 1. The molecule has 0 bridgehead atoms. The van der Waals surface area contributed by atoms with E-state index >= 15 is 0 Å². The van der Waals surface area contributed by atoms with Crippen molar-refractivity contribution in [2.24, 2.45) is 5.92 Å². The smallest absolute Gasteiger partial charge is 0.225 e. The molecular formula is C11H13ClN2O. The molecular weight excluding hydrogens is 212 g/mol. The van der Waals surface area contributed by atoms with Crippen molar-refractivity contribution in [3.05, 3.63) is 23.4 Å². The molecule has 1 saturated carbocycles. The Bertz CT molecular complexity index is 363. The third-order valence-electron chi connectivity index (χ3n) is 2.69. The lowest BCUT2D eigenvalue weighted by molar-refractivity contribution is -0.117. The molecule has 3 nitrogen and oxygen atoms in total. The Morgan fingerprint density at radius 3 is 3.00 bits per heavy atom. The normalized spacial score (nSPS) is 15.8. The standard InChI is InChI=1S/C11H13ClN2O/c12-9-4-5-13-10(7-9)14-11(15)6-8-2-1-3-8/h4-5,7-8H,1-3,6H2,(H,13,14,15). The maximum absolute atomic E-state index is 11.5. The summed E-state index contributed by atoms with van der Waals surface area (Å²) in [6.45, 7) is 0. The molecule has 0 spiro atoms. The van der Waals surface area contributed by atoms with Gasteiger partial charge in [-0.3, -0.25) is 4.79 Å². The highest BCUT2D eigenvalue weighted by Gasteiger charge is 2.20. The van der Waals surface area contributed by atoms with Gasteiger partial charge in [0.1, 0.15) is 5.82 Å². The van der Waals surface area contributed by atoms with Crippen molar-refractivity contribution in [1.29, 1.82) is 0 Å². The zero-order valence-corrected chi connectivity index (χ0v) is 9.13. The van der Waals surface area contributed by atoms with E-state index in [1.54, 1.807) is 18.3 Å². The number of halogens is 1. The van der Waals surface area contributed by atoms with Crippen molar-refractivity contribution >= 4 is 23.3 Å². The molecule has 0 saturated heterocycles. The molecule has 1 aliphatic rings. The van der Waals surface area contributed by atoms with Crippen molar-refractivity contribution in [1.82, 2.24) is 4.98 Å². The van der Waals surface area contributed by atoms with Crippen LogP contribution >= 0.6 is 11.6 Å². The maximum Gasteiger partial charge on any atom is 0.225 e. The van der Waals surface area contributed by atoms with Gasteiger partial charge >= 0.3 is 0 Å². The minimum atomic E-state index is 0.0365. The Balaban J connectivity index is 1.87. The lowest BCUT2D eigenvalue weighted by Gasteiger charge is -2.24. The van der Waals surface area contributed by atoms with Crippen LogP contribution in [0.3, 0.4) is 0 Å². The molecule has 1 aromatic rings. The monoisotopic (exact) mass is 224 g/mol. The Morgan fingerprint density at radius 1 is 1.60 bits per heavy atom. The molecule has 80 valence electrons. The van der Waals surface area contributed by atoms with Crippen molar-refractivity contribution < 1.29 is 4.79 Å². The number of rotatable bonds is 3. The summed E-state index contributed by atoms with van der Waals surface area (Å²) in [6.07, 6.45) is 5.80. The molecule has 1 amide bonds. The number of carbonyl (C=O) groups excluding carboxylic acids is 1. The molecule has 0 unspecified atom stereocenters. The molecule has 0 aromatic carbocycles. The van der Waals surface area contributed by atoms with E-state index in [9.17, 15) is 4.79 Å². The predicted octanol–water partition coefficient (Wildman–Crippen LogP) is 2.86. The predicted molar refractivity (Wildman–Crippen MR) is 59.8 cm³/mol.